The zero-order chi connectivity index (χ0) is 15.5. The lowest BCUT2D eigenvalue weighted by atomic mass is 10.1. The van der Waals surface area contributed by atoms with Crippen LogP contribution in [0.4, 0.5) is 5.69 Å². The molecule has 0 saturated carbocycles. The predicted octanol–water partition coefficient (Wildman–Crippen LogP) is 1.68. The lowest BCUT2D eigenvalue weighted by Crippen LogP contribution is -2.20. The molecule has 5 nitrogen and oxygen atoms in total. The SMILES string of the molecule is COCCOCC(=O)Nc1cc(Cl)ccc1C#CCCO. The monoisotopic (exact) mass is 311 g/mol. The molecule has 21 heavy (non-hydrogen) atoms. The average Bonchev–Trinajstić information content (AvgIpc) is 2.46. The Morgan fingerprint density at radius 3 is 2.95 bits per heavy atom. The first-order valence-electron chi connectivity index (χ1n) is 6.43. The van der Waals surface area contributed by atoms with Gasteiger partial charge in [-0.05, 0) is 18.2 Å². The summed E-state index contributed by atoms with van der Waals surface area (Å²) in [5.41, 5.74) is 1.16. The second kappa shape index (κ2) is 10.2. The number of hydrogen-bond donors (Lipinski definition) is 2. The summed E-state index contributed by atoms with van der Waals surface area (Å²) in [6.45, 7) is 0.708. The first kappa shape index (κ1) is 17.5. The Labute approximate surface area is 129 Å². The van der Waals surface area contributed by atoms with E-state index < -0.39 is 0 Å². The molecule has 0 saturated heterocycles. The summed E-state index contributed by atoms with van der Waals surface area (Å²) in [5, 5.41) is 11.9. The van der Waals surface area contributed by atoms with Crippen LogP contribution in [-0.2, 0) is 14.3 Å². The van der Waals surface area contributed by atoms with Crippen molar-refractivity contribution in [1.82, 2.24) is 0 Å². The summed E-state index contributed by atoms with van der Waals surface area (Å²) in [5.74, 6) is 5.39. The Kier molecular flexibility index (Phi) is 8.48. The number of hydrogen-bond acceptors (Lipinski definition) is 4. The van der Waals surface area contributed by atoms with Crippen molar-refractivity contribution in [3.63, 3.8) is 0 Å². The fourth-order valence-corrected chi connectivity index (χ4v) is 1.61. The third-order valence-corrected chi connectivity index (χ3v) is 2.62. The molecule has 1 aromatic carbocycles. The van der Waals surface area contributed by atoms with Crippen LogP contribution in [-0.4, -0.2) is 44.6 Å². The highest BCUT2D eigenvalue weighted by Crippen LogP contribution is 2.20. The number of methoxy groups -OCH3 is 1. The predicted molar refractivity (Wildman–Crippen MR) is 81.4 cm³/mol. The van der Waals surface area contributed by atoms with Gasteiger partial charge in [0.15, 0.2) is 0 Å². The van der Waals surface area contributed by atoms with Gasteiger partial charge in [-0.25, -0.2) is 0 Å². The van der Waals surface area contributed by atoms with Crippen molar-refractivity contribution in [2.75, 3.05) is 38.9 Å². The summed E-state index contributed by atoms with van der Waals surface area (Å²) in [6, 6.07) is 5.03. The highest BCUT2D eigenvalue weighted by atomic mass is 35.5. The maximum Gasteiger partial charge on any atom is 0.250 e. The molecule has 0 fully saturated rings. The van der Waals surface area contributed by atoms with E-state index in [0.29, 0.717) is 35.9 Å². The summed E-state index contributed by atoms with van der Waals surface area (Å²) < 4.78 is 9.96. The number of carbonyl (C=O) groups excluding carboxylic acids is 1. The topological polar surface area (TPSA) is 67.8 Å². The van der Waals surface area contributed by atoms with E-state index in [1.165, 1.54) is 0 Å². The van der Waals surface area contributed by atoms with Crippen LogP contribution in [0.15, 0.2) is 18.2 Å². The van der Waals surface area contributed by atoms with E-state index in [0.717, 1.165) is 0 Å². The number of halogens is 1. The van der Waals surface area contributed by atoms with Gasteiger partial charge in [-0.15, -0.1) is 0 Å². The lowest BCUT2D eigenvalue weighted by molar-refractivity contribution is -0.121. The second-order valence-corrected chi connectivity index (χ2v) is 4.50. The number of nitrogens with one attached hydrogen (secondary N) is 1. The Morgan fingerprint density at radius 1 is 1.43 bits per heavy atom. The van der Waals surface area contributed by atoms with Crippen molar-refractivity contribution in [2.24, 2.45) is 0 Å². The Hall–Kier alpha value is -1.58. The fourth-order valence-electron chi connectivity index (χ4n) is 1.44. The molecule has 114 valence electrons. The first-order chi connectivity index (χ1) is 10.2. The standard InChI is InChI=1S/C15H18ClNO4/c1-20-8-9-21-11-15(19)17-14-10-13(16)6-5-12(14)4-2-3-7-18/h5-6,10,18H,3,7-9,11H2,1H3,(H,17,19). The van der Waals surface area contributed by atoms with Gasteiger partial charge in [0.2, 0.25) is 5.91 Å². The maximum absolute atomic E-state index is 11.8. The van der Waals surface area contributed by atoms with Crippen molar-refractivity contribution < 1.29 is 19.4 Å². The van der Waals surface area contributed by atoms with Gasteiger partial charge in [0, 0.05) is 24.1 Å². The molecule has 0 aliphatic heterocycles. The van der Waals surface area contributed by atoms with Crippen molar-refractivity contribution in [3.05, 3.63) is 28.8 Å². The van der Waals surface area contributed by atoms with Crippen LogP contribution in [0.3, 0.4) is 0 Å². The van der Waals surface area contributed by atoms with Crippen molar-refractivity contribution in [1.29, 1.82) is 0 Å². The summed E-state index contributed by atoms with van der Waals surface area (Å²) in [7, 11) is 1.56. The van der Waals surface area contributed by atoms with Gasteiger partial charge in [-0.1, -0.05) is 23.4 Å². The molecule has 0 aliphatic carbocycles. The summed E-state index contributed by atoms with van der Waals surface area (Å²) >= 11 is 5.92. The molecule has 1 aromatic rings. The molecule has 0 atom stereocenters. The Morgan fingerprint density at radius 2 is 2.24 bits per heavy atom. The minimum atomic E-state index is -0.293. The number of ether oxygens (including phenoxy) is 2. The third kappa shape index (κ3) is 7.11. The summed E-state index contributed by atoms with van der Waals surface area (Å²) in [4.78, 5) is 11.8. The van der Waals surface area contributed by atoms with E-state index in [2.05, 4.69) is 17.2 Å². The molecule has 0 heterocycles. The number of aliphatic hydroxyl groups excluding tert-OH is 1. The van der Waals surface area contributed by atoms with Crippen molar-refractivity contribution in [3.8, 4) is 11.8 Å². The van der Waals surface area contributed by atoms with Crippen LogP contribution in [0.2, 0.25) is 5.02 Å². The number of anilines is 1. The Bertz CT molecular complexity index is 522. The number of carbonyl (C=O) groups is 1. The van der Waals surface area contributed by atoms with Crippen molar-refractivity contribution >= 4 is 23.2 Å². The van der Waals surface area contributed by atoms with Crippen LogP contribution in [0, 0.1) is 11.8 Å². The zero-order valence-electron chi connectivity index (χ0n) is 11.8. The van der Waals surface area contributed by atoms with Gasteiger partial charge in [-0.2, -0.15) is 0 Å². The first-order valence-corrected chi connectivity index (χ1v) is 6.81. The maximum atomic E-state index is 11.8. The van der Waals surface area contributed by atoms with Gasteiger partial charge in [0.1, 0.15) is 6.61 Å². The van der Waals surface area contributed by atoms with Gasteiger partial charge in [0.05, 0.1) is 25.5 Å². The van der Waals surface area contributed by atoms with E-state index >= 15 is 0 Å². The lowest BCUT2D eigenvalue weighted by Gasteiger charge is -2.08. The minimum Gasteiger partial charge on any atom is -0.395 e. The Balaban J connectivity index is 2.66. The molecule has 0 bridgehead atoms. The van der Waals surface area contributed by atoms with Crippen molar-refractivity contribution in [2.45, 2.75) is 6.42 Å². The van der Waals surface area contributed by atoms with Gasteiger partial charge >= 0.3 is 0 Å². The third-order valence-electron chi connectivity index (χ3n) is 2.38. The van der Waals surface area contributed by atoms with Gasteiger partial charge in [-0.3, -0.25) is 4.79 Å². The fraction of sp³-hybridized carbons (Fsp3) is 0.400. The minimum absolute atomic E-state index is 0.00434. The van der Waals surface area contributed by atoms with Gasteiger partial charge < -0.3 is 19.9 Å². The molecule has 2 N–H and O–H groups in total. The smallest absolute Gasteiger partial charge is 0.250 e. The van der Waals surface area contributed by atoms with Gasteiger partial charge in [0.25, 0.3) is 0 Å². The molecule has 0 spiro atoms. The average molecular weight is 312 g/mol. The second-order valence-electron chi connectivity index (χ2n) is 4.06. The van der Waals surface area contributed by atoms with Crippen LogP contribution in [0.1, 0.15) is 12.0 Å². The molecular formula is C15H18ClNO4. The number of benzene rings is 1. The van der Waals surface area contributed by atoms with Crippen LogP contribution in [0.5, 0.6) is 0 Å². The molecule has 0 aromatic heterocycles. The van der Waals surface area contributed by atoms with E-state index in [1.54, 1.807) is 25.3 Å². The van der Waals surface area contributed by atoms with Crippen LogP contribution >= 0.6 is 11.6 Å². The number of rotatable bonds is 7. The van der Waals surface area contributed by atoms with Crippen LogP contribution < -0.4 is 5.32 Å². The zero-order valence-corrected chi connectivity index (χ0v) is 12.6. The molecule has 1 amide bonds. The quantitative estimate of drug-likeness (QED) is 0.594. The molecule has 0 aliphatic rings. The number of amides is 1. The van der Waals surface area contributed by atoms with E-state index in [9.17, 15) is 4.79 Å². The molecule has 0 radical (unpaired) electrons. The highest BCUT2D eigenvalue weighted by molar-refractivity contribution is 6.31. The highest BCUT2D eigenvalue weighted by Gasteiger charge is 2.07. The largest absolute Gasteiger partial charge is 0.395 e. The molecular weight excluding hydrogens is 294 g/mol. The van der Waals surface area contributed by atoms with E-state index in [1.807, 2.05) is 0 Å². The summed E-state index contributed by atoms with van der Waals surface area (Å²) in [6.07, 6.45) is 0.371. The van der Waals surface area contributed by atoms with E-state index in [-0.39, 0.29) is 19.1 Å². The number of aliphatic hydroxyl groups is 1. The molecule has 6 heteroatoms. The molecule has 1 rings (SSSR count). The van der Waals surface area contributed by atoms with E-state index in [4.69, 9.17) is 26.2 Å². The van der Waals surface area contributed by atoms with Crippen LogP contribution in [0.25, 0.3) is 0 Å². The molecule has 0 unspecified atom stereocenters. The normalized spacial score (nSPS) is 9.86.